The second-order valence-electron chi connectivity index (χ2n) is 6.43. The monoisotopic (exact) mass is 294 g/mol. The summed E-state index contributed by atoms with van der Waals surface area (Å²) >= 11 is 0. The van der Waals surface area contributed by atoms with Gasteiger partial charge < -0.3 is 15.0 Å². The van der Waals surface area contributed by atoms with Crippen LogP contribution in [-0.4, -0.2) is 31.8 Å². The largest absolute Gasteiger partial charge is 0.372 e. The maximum atomic E-state index is 14.4. The molecule has 1 aromatic carbocycles. The van der Waals surface area contributed by atoms with Crippen molar-refractivity contribution in [3.8, 4) is 0 Å². The highest BCUT2D eigenvalue weighted by Crippen LogP contribution is 2.27. The molecule has 1 aliphatic heterocycles. The van der Waals surface area contributed by atoms with E-state index in [4.69, 9.17) is 4.74 Å². The predicted octanol–water partition coefficient (Wildman–Crippen LogP) is 3.18. The van der Waals surface area contributed by atoms with Gasteiger partial charge >= 0.3 is 0 Å². The molecule has 0 radical (unpaired) electrons. The van der Waals surface area contributed by atoms with Gasteiger partial charge in [0.15, 0.2) is 0 Å². The first-order chi connectivity index (χ1) is 9.97. The van der Waals surface area contributed by atoms with Crippen molar-refractivity contribution in [2.24, 2.45) is 5.92 Å². The molecule has 0 unspecified atom stereocenters. The highest BCUT2D eigenvalue weighted by atomic mass is 19.1. The van der Waals surface area contributed by atoms with Gasteiger partial charge in [0.05, 0.1) is 17.9 Å². The highest BCUT2D eigenvalue weighted by Gasteiger charge is 2.25. The van der Waals surface area contributed by atoms with Crippen molar-refractivity contribution in [2.45, 2.75) is 46.4 Å². The molecule has 0 bridgehead atoms. The Morgan fingerprint density at radius 2 is 1.95 bits per heavy atom. The first-order valence-electron chi connectivity index (χ1n) is 7.86. The fourth-order valence-corrected chi connectivity index (χ4v) is 2.91. The van der Waals surface area contributed by atoms with Crippen LogP contribution >= 0.6 is 0 Å². The maximum Gasteiger partial charge on any atom is 0.146 e. The van der Waals surface area contributed by atoms with Crippen molar-refractivity contribution in [3.63, 3.8) is 0 Å². The number of rotatable bonds is 5. The molecular formula is C17H27FN2O. The molecule has 2 rings (SSSR count). The minimum Gasteiger partial charge on any atom is -0.372 e. The molecule has 1 heterocycles. The summed E-state index contributed by atoms with van der Waals surface area (Å²) in [5.74, 6) is 0.450. The van der Waals surface area contributed by atoms with Gasteiger partial charge in [0.2, 0.25) is 0 Å². The van der Waals surface area contributed by atoms with Gasteiger partial charge in [0.25, 0.3) is 0 Å². The van der Waals surface area contributed by atoms with E-state index in [1.807, 2.05) is 19.9 Å². The molecule has 1 aromatic rings. The van der Waals surface area contributed by atoms with Crippen LogP contribution < -0.4 is 10.2 Å². The summed E-state index contributed by atoms with van der Waals surface area (Å²) in [7, 11) is 0. The van der Waals surface area contributed by atoms with E-state index in [0.29, 0.717) is 12.5 Å². The lowest BCUT2D eigenvalue weighted by atomic mass is 10.1. The third kappa shape index (κ3) is 4.42. The minimum atomic E-state index is -0.139. The maximum absolute atomic E-state index is 14.4. The number of hydrogen-bond acceptors (Lipinski definition) is 3. The van der Waals surface area contributed by atoms with E-state index in [9.17, 15) is 4.39 Å². The number of nitrogens with zero attached hydrogens (tertiary/aromatic N) is 1. The van der Waals surface area contributed by atoms with Crippen LogP contribution in [-0.2, 0) is 11.3 Å². The van der Waals surface area contributed by atoms with Crippen molar-refractivity contribution in [1.29, 1.82) is 0 Å². The van der Waals surface area contributed by atoms with E-state index in [1.54, 1.807) is 12.1 Å². The molecule has 3 nitrogen and oxygen atoms in total. The fourth-order valence-electron chi connectivity index (χ4n) is 2.91. The fraction of sp³-hybridized carbons (Fsp3) is 0.647. The van der Waals surface area contributed by atoms with Gasteiger partial charge in [-0.2, -0.15) is 0 Å². The second kappa shape index (κ2) is 7.23. The normalized spacial score (nSPS) is 22.9. The van der Waals surface area contributed by atoms with E-state index in [-0.39, 0.29) is 18.0 Å². The van der Waals surface area contributed by atoms with Gasteiger partial charge in [-0.25, -0.2) is 4.39 Å². The van der Waals surface area contributed by atoms with Gasteiger partial charge in [-0.05, 0) is 37.9 Å². The molecule has 1 N–H and O–H groups in total. The van der Waals surface area contributed by atoms with Crippen LogP contribution in [0.5, 0.6) is 0 Å². The molecule has 1 saturated heterocycles. The molecule has 1 fully saturated rings. The lowest BCUT2D eigenvalue weighted by molar-refractivity contribution is -0.00544. The average Bonchev–Trinajstić information content (AvgIpc) is 2.37. The minimum absolute atomic E-state index is 0.129. The molecule has 4 heteroatoms. The van der Waals surface area contributed by atoms with Crippen LogP contribution in [0.1, 0.15) is 33.3 Å². The number of anilines is 1. The molecule has 0 spiro atoms. The Morgan fingerprint density at radius 1 is 1.29 bits per heavy atom. The smallest absolute Gasteiger partial charge is 0.146 e. The molecule has 0 aromatic heterocycles. The van der Waals surface area contributed by atoms with Crippen LogP contribution in [0.25, 0.3) is 0 Å². The van der Waals surface area contributed by atoms with Crippen molar-refractivity contribution >= 4 is 5.69 Å². The second-order valence-corrected chi connectivity index (χ2v) is 6.43. The summed E-state index contributed by atoms with van der Waals surface area (Å²) in [4.78, 5) is 2.13. The zero-order valence-corrected chi connectivity index (χ0v) is 13.5. The van der Waals surface area contributed by atoms with Crippen LogP contribution in [0.4, 0.5) is 10.1 Å². The number of hydrogen-bond donors (Lipinski definition) is 1. The summed E-state index contributed by atoms with van der Waals surface area (Å²) in [5.41, 5.74) is 1.76. The van der Waals surface area contributed by atoms with Crippen LogP contribution in [0, 0.1) is 11.7 Å². The number of benzene rings is 1. The summed E-state index contributed by atoms with van der Waals surface area (Å²) in [6.07, 6.45) is 0.259. The summed E-state index contributed by atoms with van der Waals surface area (Å²) < 4.78 is 20.1. The summed E-state index contributed by atoms with van der Waals surface area (Å²) in [6, 6.07) is 5.35. The molecule has 0 aliphatic carbocycles. The van der Waals surface area contributed by atoms with Crippen molar-refractivity contribution in [1.82, 2.24) is 5.32 Å². The molecular weight excluding hydrogens is 267 g/mol. The van der Waals surface area contributed by atoms with Gasteiger partial charge in [0.1, 0.15) is 5.82 Å². The third-order valence-corrected chi connectivity index (χ3v) is 3.67. The first kappa shape index (κ1) is 16.2. The topological polar surface area (TPSA) is 24.5 Å². The lowest BCUT2D eigenvalue weighted by Crippen LogP contribution is -2.46. The average molecular weight is 294 g/mol. The molecule has 118 valence electrons. The van der Waals surface area contributed by atoms with E-state index < -0.39 is 0 Å². The van der Waals surface area contributed by atoms with E-state index in [2.05, 4.69) is 24.1 Å². The zero-order valence-electron chi connectivity index (χ0n) is 13.5. The number of ether oxygens (including phenoxy) is 1. The highest BCUT2D eigenvalue weighted by molar-refractivity contribution is 5.55. The molecule has 0 saturated carbocycles. The van der Waals surface area contributed by atoms with Crippen LogP contribution in [0.3, 0.4) is 0 Å². The van der Waals surface area contributed by atoms with Gasteiger partial charge in [-0.1, -0.05) is 26.0 Å². The van der Waals surface area contributed by atoms with Gasteiger partial charge in [-0.3, -0.25) is 0 Å². The Balaban J connectivity index is 2.16. The standard InChI is InChI=1S/C17H27FN2O/c1-12(2)8-19-9-15-6-5-7-16(18)17(15)20-10-13(3)21-14(4)11-20/h5-7,12-14,19H,8-11H2,1-4H3/t13-,14+. The predicted molar refractivity (Wildman–Crippen MR) is 85.2 cm³/mol. The molecule has 0 amide bonds. The van der Waals surface area contributed by atoms with E-state index in [1.165, 1.54) is 0 Å². The quantitative estimate of drug-likeness (QED) is 0.902. The van der Waals surface area contributed by atoms with Crippen molar-refractivity contribution < 1.29 is 9.13 Å². The summed E-state index contributed by atoms with van der Waals surface area (Å²) in [5, 5.41) is 3.41. The molecule has 21 heavy (non-hydrogen) atoms. The number of nitrogens with one attached hydrogen (secondary N) is 1. The van der Waals surface area contributed by atoms with Crippen LogP contribution in [0.15, 0.2) is 18.2 Å². The van der Waals surface area contributed by atoms with Crippen LogP contribution in [0.2, 0.25) is 0 Å². The van der Waals surface area contributed by atoms with Gasteiger partial charge in [-0.15, -0.1) is 0 Å². The Hall–Kier alpha value is -1.13. The Morgan fingerprint density at radius 3 is 2.57 bits per heavy atom. The molecule has 2 atom stereocenters. The SMILES string of the molecule is CC(C)CNCc1cccc(F)c1N1C[C@@H](C)O[C@@H](C)C1. The zero-order chi connectivity index (χ0) is 15.4. The number of halogens is 1. The Labute approximate surface area is 127 Å². The van der Waals surface area contributed by atoms with E-state index >= 15 is 0 Å². The van der Waals surface area contributed by atoms with Crippen molar-refractivity contribution in [3.05, 3.63) is 29.6 Å². The van der Waals surface area contributed by atoms with Crippen molar-refractivity contribution in [2.75, 3.05) is 24.5 Å². The number of morpholine rings is 1. The Kier molecular flexibility index (Phi) is 5.59. The molecule has 1 aliphatic rings. The summed E-state index contributed by atoms with van der Waals surface area (Å²) in [6.45, 7) is 11.5. The first-order valence-corrected chi connectivity index (χ1v) is 7.86. The van der Waals surface area contributed by atoms with Gasteiger partial charge in [0, 0.05) is 19.6 Å². The number of para-hydroxylation sites is 1. The van der Waals surface area contributed by atoms with E-state index in [0.717, 1.165) is 30.9 Å². The lowest BCUT2D eigenvalue weighted by Gasteiger charge is -2.38. The third-order valence-electron chi connectivity index (χ3n) is 3.67. The Bertz CT molecular complexity index is 454.